The number of carbonyl (C=O) groups is 3. The fraction of sp³-hybridized carbons (Fsp3) is 0.862. The minimum absolute atomic E-state index is 0.0726. The summed E-state index contributed by atoms with van der Waals surface area (Å²) in [6.45, 7) is 6.66. The van der Waals surface area contributed by atoms with Crippen LogP contribution in [-0.2, 0) is 28.6 Å². The summed E-state index contributed by atoms with van der Waals surface area (Å²) >= 11 is 0. The van der Waals surface area contributed by atoms with E-state index in [9.17, 15) is 14.4 Å². The average Bonchev–Trinajstić information content (AvgIpc) is 3.37. The number of ether oxygens (including phenoxy) is 3. The van der Waals surface area contributed by atoms with Crippen molar-refractivity contribution in [3.63, 3.8) is 0 Å². The van der Waals surface area contributed by atoms with Gasteiger partial charge in [0, 0.05) is 19.3 Å². The maximum Gasteiger partial charge on any atom is 0.306 e. The summed E-state index contributed by atoms with van der Waals surface area (Å²) in [4.78, 5) is 38.3. The third-order valence-electron chi connectivity index (χ3n) is 14.1. The lowest BCUT2D eigenvalue weighted by Gasteiger charge is -2.18. The summed E-state index contributed by atoms with van der Waals surface area (Å²) in [7, 11) is 0. The second kappa shape index (κ2) is 60.2. The van der Waals surface area contributed by atoms with E-state index >= 15 is 0 Å². The summed E-state index contributed by atoms with van der Waals surface area (Å²) in [6, 6.07) is 0. The largest absolute Gasteiger partial charge is 0.462 e. The molecule has 0 heterocycles. The first-order chi connectivity index (χ1) is 35.0. The van der Waals surface area contributed by atoms with Gasteiger partial charge in [0.15, 0.2) is 6.10 Å². The zero-order valence-corrected chi connectivity index (χ0v) is 47.8. The Morgan fingerprint density at radius 3 is 0.718 bits per heavy atom. The lowest BCUT2D eigenvalue weighted by Crippen LogP contribution is -2.30. The van der Waals surface area contributed by atoms with Crippen LogP contribution in [0.1, 0.15) is 342 Å². The molecule has 0 aliphatic rings. The molecule has 0 fully saturated rings. The molecule has 0 unspecified atom stereocenters. The summed E-state index contributed by atoms with van der Waals surface area (Å²) in [5.41, 5.74) is 0. The molecule has 416 valence electrons. The number of esters is 3. The van der Waals surface area contributed by atoms with Crippen molar-refractivity contribution in [1.29, 1.82) is 0 Å². The highest BCUT2D eigenvalue weighted by molar-refractivity contribution is 5.71. The highest BCUT2D eigenvalue weighted by Gasteiger charge is 2.19. The van der Waals surface area contributed by atoms with Crippen LogP contribution in [0.5, 0.6) is 0 Å². The monoisotopic (exact) mass is 997 g/mol. The van der Waals surface area contributed by atoms with E-state index in [4.69, 9.17) is 14.2 Å². The third-order valence-corrected chi connectivity index (χ3v) is 14.1. The van der Waals surface area contributed by atoms with Crippen molar-refractivity contribution in [2.24, 2.45) is 0 Å². The van der Waals surface area contributed by atoms with Crippen LogP contribution in [0.4, 0.5) is 0 Å². The van der Waals surface area contributed by atoms with Crippen LogP contribution in [0.3, 0.4) is 0 Å². The predicted molar refractivity (Wildman–Crippen MR) is 307 cm³/mol. The van der Waals surface area contributed by atoms with Crippen LogP contribution in [0, 0.1) is 0 Å². The van der Waals surface area contributed by atoms with Gasteiger partial charge in [-0.1, -0.05) is 263 Å². The van der Waals surface area contributed by atoms with Crippen LogP contribution >= 0.6 is 0 Å². The minimum Gasteiger partial charge on any atom is -0.462 e. The average molecular weight is 998 g/mol. The maximum absolute atomic E-state index is 12.9. The highest BCUT2D eigenvalue weighted by Crippen LogP contribution is 2.17. The fourth-order valence-corrected chi connectivity index (χ4v) is 9.31. The van der Waals surface area contributed by atoms with Gasteiger partial charge in [0.25, 0.3) is 0 Å². The Morgan fingerprint density at radius 2 is 0.465 bits per heavy atom. The van der Waals surface area contributed by atoms with Gasteiger partial charge in [-0.2, -0.15) is 0 Å². The first-order valence-electron chi connectivity index (χ1n) is 31.5. The summed E-state index contributed by atoms with van der Waals surface area (Å²) < 4.78 is 16.9. The summed E-state index contributed by atoms with van der Waals surface area (Å²) in [5, 5.41) is 0. The fourth-order valence-electron chi connectivity index (χ4n) is 9.31. The Morgan fingerprint density at radius 1 is 0.268 bits per heavy atom. The van der Waals surface area contributed by atoms with E-state index in [0.717, 1.165) is 57.8 Å². The van der Waals surface area contributed by atoms with E-state index in [0.29, 0.717) is 19.3 Å². The molecule has 6 nitrogen and oxygen atoms in total. The molecule has 0 spiro atoms. The highest BCUT2D eigenvalue weighted by atomic mass is 16.6. The van der Waals surface area contributed by atoms with Crippen LogP contribution in [0.15, 0.2) is 36.5 Å². The van der Waals surface area contributed by atoms with Crippen molar-refractivity contribution in [1.82, 2.24) is 0 Å². The molecule has 0 aromatic carbocycles. The summed E-state index contributed by atoms with van der Waals surface area (Å²) in [6.07, 6.45) is 72.8. The first kappa shape index (κ1) is 68.6. The molecule has 0 N–H and O–H groups in total. The van der Waals surface area contributed by atoms with Crippen molar-refractivity contribution < 1.29 is 28.6 Å². The standard InChI is InChI=1S/C65H120O6/c1-4-7-10-13-16-19-22-25-28-30-31-32-33-35-38-40-43-46-49-52-55-58-64(67)70-61-62(71-65(68)59-56-53-50-47-44-41-36-27-24-21-18-15-12-9-6-3)60-69-63(66)57-54-51-48-45-42-39-37-34-29-26-23-20-17-14-11-8-5-2/h21,24-26,28-29,62H,4-20,22-23,27,30-61H2,1-3H3/b24-21-,28-25-,29-26-/t62-/m0/s1. The first-order valence-corrected chi connectivity index (χ1v) is 31.5. The second-order valence-electron chi connectivity index (χ2n) is 21.3. The molecule has 0 bridgehead atoms. The molecule has 0 radical (unpaired) electrons. The number of hydrogen-bond acceptors (Lipinski definition) is 6. The van der Waals surface area contributed by atoms with Crippen molar-refractivity contribution in [3.8, 4) is 0 Å². The molecule has 0 rings (SSSR count). The molecule has 0 aliphatic heterocycles. The molecule has 0 amide bonds. The smallest absolute Gasteiger partial charge is 0.306 e. The Bertz CT molecular complexity index is 1190. The van der Waals surface area contributed by atoms with Gasteiger partial charge in [-0.05, 0) is 96.3 Å². The van der Waals surface area contributed by atoms with Crippen molar-refractivity contribution in [2.45, 2.75) is 348 Å². The van der Waals surface area contributed by atoms with Gasteiger partial charge in [-0.15, -0.1) is 0 Å². The Hall–Kier alpha value is -2.37. The van der Waals surface area contributed by atoms with E-state index in [2.05, 4.69) is 57.2 Å². The number of hydrogen-bond donors (Lipinski definition) is 0. The third kappa shape index (κ3) is 58.4. The normalized spacial score (nSPS) is 12.2. The van der Waals surface area contributed by atoms with Gasteiger partial charge in [0.05, 0.1) is 0 Å². The predicted octanol–water partition coefficient (Wildman–Crippen LogP) is 21.2. The second-order valence-corrected chi connectivity index (χ2v) is 21.3. The maximum atomic E-state index is 12.9. The van der Waals surface area contributed by atoms with E-state index in [1.54, 1.807) is 0 Å². The van der Waals surface area contributed by atoms with E-state index in [1.165, 1.54) is 244 Å². The summed E-state index contributed by atoms with van der Waals surface area (Å²) in [5.74, 6) is -0.862. The van der Waals surface area contributed by atoms with E-state index < -0.39 is 6.10 Å². The lowest BCUT2D eigenvalue weighted by molar-refractivity contribution is -0.167. The zero-order valence-electron chi connectivity index (χ0n) is 47.8. The van der Waals surface area contributed by atoms with Crippen LogP contribution in [0.2, 0.25) is 0 Å². The van der Waals surface area contributed by atoms with Crippen molar-refractivity contribution in [2.75, 3.05) is 13.2 Å². The number of carbonyl (C=O) groups excluding carboxylic acids is 3. The quantitative estimate of drug-likeness (QED) is 0.0261. The van der Waals surface area contributed by atoms with E-state index in [1.807, 2.05) is 0 Å². The molecule has 6 heteroatoms. The van der Waals surface area contributed by atoms with Crippen LogP contribution in [-0.4, -0.2) is 37.2 Å². The van der Waals surface area contributed by atoms with Gasteiger partial charge in [0.2, 0.25) is 0 Å². The number of rotatable bonds is 58. The molecule has 0 saturated carbocycles. The van der Waals surface area contributed by atoms with Gasteiger partial charge in [-0.3, -0.25) is 14.4 Å². The topological polar surface area (TPSA) is 78.9 Å². The van der Waals surface area contributed by atoms with Crippen LogP contribution in [0.25, 0.3) is 0 Å². The number of unbranched alkanes of at least 4 members (excludes halogenated alkanes) is 41. The lowest BCUT2D eigenvalue weighted by atomic mass is 10.0. The molecular formula is C65H120O6. The Balaban J connectivity index is 4.31. The van der Waals surface area contributed by atoms with Gasteiger partial charge in [-0.25, -0.2) is 0 Å². The van der Waals surface area contributed by atoms with Gasteiger partial charge >= 0.3 is 17.9 Å². The minimum atomic E-state index is -0.775. The number of allylic oxidation sites excluding steroid dienone is 6. The molecule has 0 saturated heterocycles. The van der Waals surface area contributed by atoms with Crippen molar-refractivity contribution >= 4 is 17.9 Å². The van der Waals surface area contributed by atoms with Gasteiger partial charge < -0.3 is 14.2 Å². The zero-order chi connectivity index (χ0) is 51.4. The van der Waals surface area contributed by atoms with Gasteiger partial charge in [0.1, 0.15) is 13.2 Å². The van der Waals surface area contributed by atoms with Crippen molar-refractivity contribution in [3.05, 3.63) is 36.5 Å². The molecular weight excluding hydrogens is 877 g/mol. The van der Waals surface area contributed by atoms with E-state index in [-0.39, 0.29) is 31.1 Å². The Kier molecular flexibility index (Phi) is 58.2. The molecule has 0 aromatic heterocycles. The molecule has 0 aromatic rings. The molecule has 71 heavy (non-hydrogen) atoms. The molecule has 0 aliphatic carbocycles. The molecule has 1 atom stereocenters. The Labute approximate surface area is 442 Å². The SMILES string of the molecule is CCCCCC/C=C\CCCCCCCCCC(=O)O[C@@H](COC(=O)CCCCCCCCC/C=C\CCCCCCCC)COC(=O)CCCCCCCCCCCCC/C=C\CCCCCCCC. The van der Waals surface area contributed by atoms with Crippen LogP contribution < -0.4 is 0 Å².